The first-order valence-corrected chi connectivity index (χ1v) is 8.39. The van der Waals surface area contributed by atoms with Gasteiger partial charge in [-0.15, -0.1) is 0 Å². The van der Waals surface area contributed by atoms with Crippen molar-refractivity contribution in [3.05, 3.63) is 34.4 Å². The lowest BCUT2D eigenvalue weighted by Crippen LogP contribution is -2.45. The Labute approximate surface area is 154 Å². The van der Waals surface area contributed by atoms with Crippen LogP contribution in [-0.4, -0.2) is 43.1 Å². The molecule has 1 unspecified atom stereocenters. The Kier molecular flexibility index (Phi) is 7.32. The number of alkyl carbamates (subject to hydrolysis) is 1. The molecule has 0 heterocycles. The fourth-order valence-electron chi connectivity index (χ4n) is 2.58. The summed E-state index contributed by atoms with van der Waals surface area (Å²) >= 11 is 0. The number of ether oxygens (including phenoxy) is 2. The molecule has 0 saturated heterocycles. The van der Waals surface area contributed by atoms with Crippen molar-refractivity contribution in [2.75, 3.05) is 13.7 Å². The molecule has 0 aromatic heterocycles. The van der Waals surface area contributed by atoms with Crippen LogP contribution in [0.15, 0.2) is 12.1 Å². The van der Waals surface area contributed by atoms with Crippen molar-refractivity contribution in [3.8, 4) is 0 Å². The van der Waals surface area contributed by atoms with Crippen LogP contribution in [0.1, 0.15) is 47.8 Å². The first-order valence-electron chi connectivity index (χ1n) is 8.39. The summed E-state index contributed by atoms with van der Waals surface area (Å²) in [5.41, 5.74) is 7.78. The highest BCUT2D eigenvalue weighted by Gasteiger charge is 2.26. The van der Waals surface area contributed by atoms with Crippen molar-refractivity contribution >= 4 is 17.8 Å². The molecular weight excluding hydrogens is 336 g/mol. The fourth-order valence-corrected chi connectivity index (χ4v) is 2.58. The van der Waals surface area contributed by atoms with E-state index in [1.165, 1.54) is 7.11 Å². The zero-order valence-corrected chi connectivity index (χ0v) is 16.3. The standard InChI is InChI=1S/C19H28N2O5/c1-11-7-13(16(22)10-20)8-12(2)14(11)9-15(17(23)25-6)21-18(24)26-19(3,4)5/h7-8,15H,9-10,20H2,1-6H3,(H,21,24). The number of methoxy groups -OCH3 is 1. The molecule has 0 radical (unpaired) electrons. The molecule has 3 N–H and O–H groups in total. The third kappa shape index (κ3) is 6.15. The zero-order valence-electron chi connectivity index (χ0n) is 16.3. The van der Waals surface area contributed by atoms with Crippen molar-refractivity contribution < 1.29 is 23.9 Å². The highest BCUT2D eigenvalue weighted by Crippen LogP contribution is 2.20. The number of nitrogens with one attached hydrogen (secondary N) is 1. The molecule has 0 fully saturated rings. The molecule has 0 bridgehead atoms. The van der Waals surface area contributed by atoms with E-state index in [0.29, 0.717) is 5.56 Å². The minimum Gasteiger partial charge on any atom is -0.467 e. The van der Waals surface area contributed by atoms with Gasteiger partial charge in [0.2, 0.25) is 0 Å². The summed E-state index contributed by atoms with van der Waals surface area (Å²) < 4.78 is 10.0. The van der Waals surface area contributed by atoms with E-state index in [4.69, 9.17) is 15.2 Å². The van der Waals surface area contributed by atoms with Crippen LogP contribution >= 0.6 is 0 Å². The van der Waals surface area contributed by atoms with Gasteiger partial charge >= 0.3 is 12.1 Å². The molecule has 1 aromatic carbocycles. The third-order valence-electron chi connectivity index (χ3n) is 3.79. The maximum absolute atomic E-state index is 12.1. The van der Waals surface area contributed by atoms with Gasteiger partial charge in [0, 0.05) is 12.0 Å². The van der Waals surface area contributed by atoms with Crippen molar-refractivity contribution in [3.63, 3.8) is 0 Å². The predicted molar refractivity (Wildman–Crippen MR) is 98.2 cm³/mol. The Balaban J connectivity index is 3.07. The number of carbonyl (C=O) groups excluding carboxylic acids is 3. The van der Waals surface area contributed by atoms with E-state index < -0.39 is 23.7 Å². The van der Waals surface area contributed by atoms with Crippen LogP contribution in [0, 0.1) is 13.8 Å². The van der Waals surface area contributed by atoms with Gasteiger partial charge in [0.25, 0.3) is 0 Å². The number of esters is 1. The minimum atomic E-state index is -0.900. The van der Waals surface area contributed by atoms with Gasteiger partial charge in [-0.3, -0.25) is 4.79 Å². The lowest BCUT2D eigenvalue weighted by Gasteiger charge is -2.23. The number of hydrogen-bond donors (Lipinski definition) is 2. The Morgan fingerprint density at radius 2 is 1.69 bits per heavy atom. The number of rotatable bonds is 6. The number of carbonyl (C=O) groups is 3. The van der Waals surface area contributed by atoms with Crippen LogP contribution < -0.4 is 11.1 Å². The van der Waals surface area contributed by atoms with Crippen molar-refractivity contribution in [2.24, 2.45) is 5.73 Å². The highest BCUT2D eigenvalue weighted by molar-refractivity contribution is 5.98. The lowest BCUT2D eigenvalue weighted by molar-refractivity contribution is -0.143. The normalized spacial score (nSPS) is 12.3. The van der Waals surface area contributed by atoms with Crippen LogP contribution in [0.25, 0.3) is 0 Å². The van der Waals surface area contributed by atoms with E-state index in [0.717, 1.165) is 16.7 Å². The number of amides is 1. The number of benzene rings is 1. The number of aryl methyl sites for hydroxylation is 2. The molecule has 1 atom stereocenters. The van der Waals surface area contributed by atoms with Crippen molar-refractivity contribution in [1.82, 2.24) is 5.32 Å². The molecule has 7 nitrogen and oxygen atoms in total. The van der Waals surface area contributed by atoms with Gasteiger partial charge in [0.1, 0.15) is 11.6 Å². The van der Waals surface area contributed by atoms with E-state index >= 15 is 0 Å². The van der Waals surface area contributed by atoms with E-state index in [9.17, 15) is 14.4 Å². The quantitative estimate of drug-likeness (QED) is 0.591. The number of ketones is 1. The monoisotopic (exact) mass is 364 g/mol. The molecule has 0 saturated carbocycles. The summed E-state index contributed by atoms with van der Waals surface area (Å²) in [6.45, 7) is 8.84. The Morgan fingerprint density at radius 1 is 1.15 bits per heavy atom. The Bertz CT molecular complexity index is 669. The van der Waals surface area contributed by atoms with E-state index in [1.54, 1.807) is 32.9 Å². The van der Waals surface area contributed by atoms with Gasteiger partial charge in [-0.2, -0.15) is 0 Å². The Hall–Kier alpha value is -2.41. The maximum Gasteiger partial charge on any atom is 0.408 e. The fraction of sp³-hybridized carbons (Fsp3) is 0.526. The largest absolute Gasteiger partial charge is 0.467 e. The molecule has 1 aromatic rings. The summed E-state index contributed by atoms with van der Waals surface area (Å²) in [7, 11) is 1.26. The predicted octanol–water partition coefficient (Wildman–Crippen LogP) is 2.05. The third-order valence-corrected chi connectivity index (χ3v) is 3.79. The number of nitrogens with two attached hydrogens (primary N) is 1. The second-order valence-corrected chi connectivity index (χ2v) is 7.14. The topological polar surface area (TPSA) is 108 Å². The SMILES string of the molecule is COC(=O)C(Cc1c(C)cc(C(=O)CN)cc1C)NC(=O)OC(C)(C)C. The molecular formula is C19H28N2O5. The van der Waals surface area contributed by atoms with Gasteiger partial charge in [-0.1, -0.05) is 0 Å². The van der Waals surface area contributed by atoms with Crippen molar-refractivity contribution in [2.45, 2.75) is 52.7 Å². The molecule has 144 valence electrons. The van der Waals surface area contributed by atoms with Crippen LogP contribution in [0.2, 0.25) is 0 Å². The average Bonchev–Trinajstić information content (AvgIpc) is 2.53. The van der Waals surface area contributed by atoms with E-state index in [-0.39, 0.29) is 18.7 Å². The first kappa shape index (κ1) is 21.6. The maximum atomic E-state index is 12.1. The summed E-state index contributed by atoms with van der Waals surface area (Å²) in [5.74, 6) is -0.726. The Morgan fingerprint density at radius 3 is 2.12 bits per heavy atom. The average molecular weight is 364 g/mol. The highest BCUT2D eigenvalue weighted by atomic mass is 16.6. The van der Waals surface area contributed by atoms with Gasteiger partial charge in [0.05, 0.1) is 13.7 Å². The number of Topliss-reactive ketones (excluding diaryl/α,β-unsaturated/α-hetero) is 1. The molecule has 26 heavy (non-hydrogen) atoms. The van der Waals surface area contributed by atoms with E-state index in [2.05, 4.69) is 5.32 Å². The summed E-state index contributed by atoms with van der Waals surface area (Å²) in [6.07, 6.45) is -0.473. The first-order chi connectivity index (χ1) is 12.0. The van der Waals surface area contributed by atoms with Gasteiger partial charge in [-0.25, -0.2) is 9.59 Å². The van der Waals surface area contributed by atoms with Gasteiger partial charge in [0.15, 0.2) is 5.78 Å². The molecule has 0 aliphatic rings. The molecule has 7 heteroatoms. The molecule has 0 spiro atoms. The second kappa shape index (κ2) is 8.80. The van der Waals surface area contributed by atoms with Crippen LogP contribution in [-0.2, 0) is 20.7 Å². The van der Waals surface area contributed by atoms with Gasteiger partial charge in [-0.05, 0) is 63.4 Å². The smallest absolute Gasteiger partial charge is 0.408 e. The van der Waals surface area contributed by atoms with E-state index in [1.807, 2.05) is 13.8 Å². The van der Waals surface area contributed by atoms with Gasteiger partial charge < -0.3 is 20.5 Å². The van der Waals surface area contributed by atoms with Crippen LogP contribution in [0.3, 0.4) is 0 Å². The molecule has 0 aliphatic carbocycles. The summed E-state index contributed by atoms with van der Waals surface area (Å²) in [6, 6.07) is 2.57. The number of hydrogen-bond acceptors (Lipinski definition) is 6. The molecule has 1 amide bonds. The molecule has 1 rings (SSSR count). The zero-order chi connectivity index (χ0) is 20.1. The van der Waals surface area contributed by atoms with Crippen LogP contribution in [0.5, 0.6) is 0 Å². The van der Waals surface area contributed by atoms with Crippen LogP contribution in [0.4, 0.5) is 4.79 Å². The summed E-state index contributed by atoms with van der Waals surface area (Å²) in [5, 5.41) is 2.55. The summed E-state index contributed by atoms with van der Waals surface area (Å²) in [4.78, 5) is 35.9. The second-order valence-electron chi connectivity index (χ2n) is 7.14. The minimum absolute atomic E-state index is 0.0663. The molecule has 0 aliphatic heterocycles. The van der Waals surface area contributed by atoms with Crippen molar-refractivity contribution in [1.29, 1.82) is 0 Å². The lowest BCUT2D eigenvalue weighted by atomic mass is 9.93.